The van der Waals surface area contributed by atoms with E-state index in [-0.39, 0.29) is 0 Å². The lowest BCUT2D eigenvalue weighted by molar-refractivity contribution is 0.448. The van der Waals surface area contributed by atoms with Crippen LogP contribution in [0.2, 0.25) is 0 Å². The maximum atomic E-state index is 14.6. The van der Waals surface area contributed by atoms with Crippen molar-refractivity contribution in [2.45, 2.75) is 24.8 Å². The third kappa shape index (κ3) is 3.73. The molecule has 0 amide bonds. The smallest absolute Gasteiger partial charge is 0.245 e. The number of aliphatic imine (C=N–C) groups is 1. The molecule has 1 heterocycles. The lowest BCUT2D eigenvalue weighted by Crippen LogP contribution is -2.30. The number of rotatable bonds is 5. The predicted octanol–water partition coefficient (Wildman–Crippen LogP) is 2.31. The molecule has 11 heteroatoms. The van der Waals surface area contributed by atoms with E-state index in [0.29, 0.717) is 6.07 Å². The number of nitrogens with zero attached hydrogens (tertiary/aromatic N) is 2. The van der Waals surface area contributed by atoms with Crippen molar-refractivity contribution in [3.63, 3.8) is 0 Å². The molecule has 0 spiro atoms. The number of benzene rings is 1. The minimum absolute atomic E-state index is 0.446. The van der Waals surface area contributed by atoms with Gasteiger partial charge < -0.3 is 10.3 Å². The largest absolute Gasteiger partial charge is 0.382 e. The zero-order valence-electron chi connectivity index (χ0n) is 14.0. The summed E-state index contributed by atoms with van der Waals surface area (Å²) in [7, 11) is -2.86. The average Bonchev–Trinajstić information content (AvgIpc) is 2.82. The molecule has 1 aromatic carbocycles. The van der Waals surface area contributed by atoms with Crippen molar-refractivity contribution in [1.82, 2.24) is 9.29 Å². The third-order valence-corrected chi connectivity index (χ3v) is 4.91. The number of amidine groups is 1. The standard InChI is InChI=1S/C15H16F4N4O2S/c1-7(2)22-26(24,25)10-6-23(3)14(13(10)19)15(20)21-9-5-4-8(16)11(17)12(9)18/h4-7,22H,1-3H3,(H2,20,21). The first-order chi connectivity index (χ1) is 12.0. The number of aromatic nitrogens is 1. The van der Waals surface area contributed by atoms with Gasteiger partial charge in [0.2, 0.25) is 10.0 Å². The van der Waals surface area contributed by atoms with Crippen LogP contribution in [0.1, 0.15) is 19.5 Å². The van der Waals surface area contributed by atoms with Crippen LogP contribution in [0.25, 0.3) is 0 Å². The molecule has 3 N–H and O–H groups in total. The maximum absolute atomic E-state index is 14.6. The molecule has 0 saturated carbocycles. The minimum atomic E-state index is -4.16. The number of hydrogen-bond acceptors (Lipinski definition) is 3. The van der Waals surface area contributed by atoms with Crippen molar-refractivity contribution in [3.8, 4) is 0 Å². The fraction of sp³-hybridized carbons (Fsp3) is 0.267. The van der Waals surface area contributed by atoms with Gasteiger partial charge in [-0.05, 0) is 26.0 Å². The van der Waals surface area contributed by atoms with Crippen LogP contribution >= 0.6 is 0 Å². The molecule has 2 rings (SSSR count). The molecule has 0 aliphatic heterocycles. The zero-order valence-corrected chi connectivity index (χ0v) is 14.8. The van der Waals surface area contributed by atoms with Crippen LogP contribution in [-0.4, -0.2) is 24.9 Å². The Balaban J connectivity index is 2.55. The molecular formula is C15H16F4N4O2S. The van der Waals surface area contributed by atoms with Gasteiger partial charge in [0.25, 0.3) is 0 Å². The number of nitrogens with two attached hydrogens (primary N) is 1. The highest BCUT2D eigenvalue weighted by Crippen LogP contribution is 2.25. The molecule has 26 heavy (non-hydrogen) atoms. The highest BCUT2D eigenvalue weighted by molar-refractivity contribution is 7.89. The van der Waals surface area contributed by atoms with Crippen molar-refractivity contribution in [2.24, 2.45) is 17.8 Å². The summed E-state index contributed by atoms with van der Waals surface area (Å²) in [6.45, 7) is 3.11. The number of sulfonamides is 1. The van der Waals surface area contributed by atoms with Gasteiger partial charge in [-0.2, -0.15) is 0 Å². The van der Waals surface area contributed by atoms with Crippen LogP contribution in [0, 0.1) is 23.3 Å². The van der Waals surface area contributed by atoms with Gasteiger partial charge in [0.1, 0.15) is 16.3 Å². The van der Waals surface area contributed by atoms with Crippen LogP contribution in [-0.2, 0) is 17.1 Å². The molecule has 2 aromatic rings. The van der Waals surface area contributed by atoms with Crippen molar-refractivity contribution in [2.75, 3.05) is 0 Å². The fourth-order valence-electron chi connectivity index (χ4n) is 2.21. The Hall–Kier alpha value is -2.40. The molecule has 0 fully saturated rings. The first kappa shape index (κ1) is 19.9. The number of hydrogen-bond donors (Lipinski definition) is 2. The topological polar surface area (TPSA) is 89.5 Å². The van der Waals surface area contributed by atoms with Gasteiger partial charge in [0.05, 0.1) is 0 Å². The second-order valence-electron chi connectivity index (χ2n) is 5.73. The maximum Gasteiger partial charge on any atom is 0.245 e. The first-order valence-electron chi connectivity index (χ1n) is 7.31. The average molecular weight is 392 g/mol. The quantitative estimate of drug-likeness (QED) is 0.354. The van der Waals surface area contributed by atoms with Gasteiger partial charge in [-0.1, -0.05) is 0 Å². The van der Waals surface area contributed by atoms with E-state index >= 15 is 0 Å². The molecule has 0 aliphatic carbocycles. The molecule has 0 atom stereocenters. The van der Waals surface area contributed by atoms with E-state index in [0.717, 1.165) is 16.8 Å². The summed E-state index contributed by atoms with van der Waals surface area (Å²) in [5.41, 5.74) is 4.53. The molecule has 0 aliphatic rings. The lowest BCUT2D eigenvalue weighted by Gasteiger charge is -2.07. The molecule has 6 nitrogen and oxygen atoms in total. The van der Waals surface area contributed by atoms with E-state index in [4.69, 9.17) is 5.73 Å². The molecule has 142 valence electrons. The van der Waals surface area contributed by atoms with Crippen LogP contribution in [0.5, 0.6) is 0 Å². The SMILES string of the molecule is CC(C)NS(=O)(=O)c1cn(C)c(C(N)=Nc2ccc(F)c(F)c2F)c1F. The summed E-state index contributed by atoms with van der Waals surface area (Å²) >= 11 is 0. The summed E-state index contributed by atoms with van der Waals surface area (Å²) in [6.07, 6.45) is 0.972. The minimum Gasteiger partial charge on any atom is -0.382 e. The summed E-state index contributed by atoms with van der Waals surface area (Å²) in [4.78, 5) is 2.87. The van der Waals surface area contributed by atoms with Gasteiger partial charge in [-0.25, -0.2) is 35.7 Å². The van der Waals surface area contributed by atoms with E-state index in [1.54, 1.807) is 13.8 Å². The van der Waals surface area contributed by atoms with Crippen molar-refractivity contribution in [3.05, 3.63) is 47.3 Å². The van der Waals surface area contributed by atoms with Gasteiger partial charge in [-0.15, -0.1) is 0 Å². The molecule has 0 saturated heterocycles. The van der Waals surface area contributed by atoms with Crippen LogP contribution in [0.3, 0.4) is 0 Å². The highest BCUT2D eigenvalue weighted by atomic mass is 32.2. The van der Waals surface area contributed by atoms with Crippen LogP contribution in [0.15, 0.2) is 28.2 Å². The number of aryl methyl sites for hydroxylation is 1. The molecule has 0 unspecified atom stereocenters. The van der Waals surface area contributed by atoms with Crippen LogP contribution < -0.4 is 10.5 Å². The van der Waals surface area contributed by atoms with E-state index in [1.807, 2.05) is 0 Å². The Morgan fingerprint density at radius 3 is 2.35 bits per heavy atom. The Labute approximate surface area is 147 Å². The van der Waals surface area contributed by atoms with Gasteiger partial charge >= 0.3 is 0 Å². The summed E-state index contributed by atoms with van der Waals surface area (Å²) in [5, 5.41) is 0. The molecule has 0 radical (unpaired) electrons. The van der Waals surface area contributed by atoms with E-state index in [1.165, 1.54) is 7.05 Å². The summed E-state index contributed by atoms with van der Waals surface area (Å²) < 4.78 is 82.1. The predicted molar refractivity (Wildman–Crippen MR) is 87.5 cm³/mol. The zero-order chi connectivity index (χ0) is 19.8. The molecule has 0 bridgehead atoms. The Morgan fingerprint density at radius 1 is 1.15 bits per heavy atom. The van der Waals surface area contributed by atoms with E-state index in [9.17, 15) is 26.0 Å². The summed E-state index contributed by atoms with van der Waals surface area (Å²) in [6, 6.07) is 0.971. The Bertz CT molecular complexity index is 984. The van der Waals surface area contributed by atoms with E-state index < -0.39 is 61.4 Å². The second-order valence-corrected chi connectivity index (χ2v) is 7.42. The normalized spacial score (nSPS) is 12.8. The van der Waals surface area contributed by atoms with Gasteiger partial charge in [-0.3, -0.25) is 0 Å². The fourth-order valence-corrected chi connectivity index (χ4v) is 3.58. The van der Waals surface area contributed by atoms with Crippen molar-refractivity contribution < 1.29 is 26.0 Å². The third-order valence-electron chi connectivity index (χ3n) is 3.27. The Kier molecular flexibility index (Phi) is 5.42. The number of nitrogens with one attached hydrogen (secondary N) is 1. The van der Waals surface area contributed by atoms with Gasteiger partial charge in [0, 0.05) is 19.3 Å². The van der Waals surface area contributed by atoms with Crippen molar-refractivity contribution in [1.29, 1.82) is 0 Å². The van der Waals surface area contributed by atoms with E-state index in [2.05, 4.69) is 9.71 Å². The first-order valence-corrected chi connectivity index (χ1v) is 8.79. The monoisotopic (exact) mass is 392 g/mol. The van der Waals surface area contributed by atoms with Crippen molar-refractivity contribution >= 4 is 21.5 Å². The number of halogens is 4. The lowest BCUT2D eigenvalue weighted by atomic mass is 10.3. The second kappa shape index (κ2) is 7.08. The highest BCUT2D eigenvalue weighted by Gasteiger charge is 2.27. The molecule has 1 aromatic heterocycles. The molecular weight excluding hydrogens is 376 g/mol. The van der Waals surface area contributed by atoms with Crippen LogP contribution in [0.4, 0.5) is 23.2 Å². The Morgan fingerprint density at radius 2 is 1.77 bits per heavy atom. The summed E-state index contributed by atoms with van der Waals surface area (Å²) in [5.74, 6) is -6.59. The van der Waals surface area contributed by atoms with Gasteiger partial charge in [0.15, 0.2) is 29.1 Å².